The first-order valence-electron chi connectivity index (χ1n) is 10.7. The minimum absolute atomic E-state index is 0.0640. The van der Waals surface area contributed by atoms with Crippen LogP contribution >= 0.6 is 0 Å². The van der Waals surface area contributed by atoms with Crippen LogP contribution < -0.4 is 10.1 Å². The van der Waals surface area contributed by atoms with Crippen molar-refractivity contribution in [2.24, 2.45) is 0 Å². The molecular weight excluding hydrogens is 378 g/mol. The van der Waals surface area contributed by atoms with Crippen LogP contribution in [0.2, 0.25) is 0 Å². The number of imidazole rings is 1. The second-order valence-electron chi connectivity index (χ2n) is 7.69. The number of aromatic nitrogens is 2. The van der Waals surface area contributed by atoms with Crippen molar-refractivity contribution in [1.82, 2.24) is 14.9 Å². The molecule has 4 rings (SSSR count). The number of nitrogens with zero attached hydrogens (tertiary/aromatic N) is 2. The third-order valence-corrected chi connectivity index (χ3v) is 5.57. The zero-order chi connectivity index (χ0) is 20.9. The number of benzene rings is 2. The Kier molecular flexibility index (Phi) is 6.33. The Labute approximate surface area is 177 Å². The number of ether oxygens (including phenoxy) is 2. The smallest absolute Gasteiger partial charge is 0.249 e. The van der Waals surface area contributed by atoms with Gasteiger partial charge in [0.05, 0.1) is 23.6 Å². The number of carbonyl (C=O) groups excluding carboxylic acids is 1. The Morgan fingerprint density at radius 2 is 2.07 bits per heavy atom. The van der Waals surface area contributed by atoms with Gasteiger partial charge >= 0.3 is 0 Å². The molecule has 1 amide bonds. The van der Waals surface area contributed by atoms with Crippen LogP contribution in [0.4, 0.5) is 0 Å². The van der Waals surface area contributed by atoms with E-state index in [9.17, 15) is 4.79 Å². The summed E-state index contributed by atoms with van der Waals surface area (Å²) in [6.07, 6.45) is 2.38. The van der Waals surface area contributed by atoms with E-state index in [0.29, 0.717) is 19.8 Å². The summed E-state index contributed by atoms with van der Waals surface area (Å²) in [4.78, 5) is 17.3. The van der Waals surface area contributed by atoms with E-state index >= 15 is 0 Å². The van der Waals surface area contributed by atoms with Gasteiger partial charge in [0, 0.05) is 6.61 Å². The number of hydrogen-bond acceptors (Lipinski definition) is 4. The highest BCUT2D eigenvalue weighted by molar-refractivity contribution is 5.81. The van der Waals surface area contributed by atoms with Crippen LogP contribution in [0.15, 0.2) is 48.5 Å². The standard InChI is InChI=1S/C24H29N3O3/c1-3-18-10-12-19(13-11-18)29-16-14-27-21-8-5-4-7-20(21)26-23(27)17(2)25-24(28)22-9-6-15-30-22/h4-5,7-8,10-13,17,22H,3,6,9,14-16H2,1-2H3,(H,25,28). The SMILES string of the molecule is CCc1ccc(OCCn2c(C(C)NC(=O)C3CCCO3)nc3ccccc32)cc1. The maximum Gasteiger partial charge on any atom is 0.249 e. The zero-order valence-corrected chi connectivity index (χ0v) is 17.6. The normalized spacial score (nSPS) is 17.2. The zero-order valence-electron chi connectivity index (χ0n) is 17.6. The number of rotatable bonds is 8. The summed E-state index contributed by atoms with van der Waals surface area (Å²) in [7, 11) is 0. The van der Waals surface area contributed by atoms with Gasteiger partial charge in [-0.15, -0.1) is 0 Å². The highest BCUT2D eigenvalue weighted by Crippen LogP contribution is 2.22. The summed E-state index contributed by atoms with van der Waals surface area (Å²) in [5, 5.41) is 3.07. The maximum absolute atomic E-state index is 12.5. The van der Waals surface area contributed by atoms with Crippen molar-refractivity contribution in [3.8, 4) is 5.75 Å². The summed E-state index contributed by atoms with van der Waals surface area (Å²) in [5.74, 6) is 1.62. The first-order valence-corrected chi connectivity index (χ1v) is 10.7. The van der Waals surface area contributed by atoms with E-state index in [1.165, 1.54) is 5.56 Å². The number of aryl methyl sites for hydroxylation is 1. The molecule has 1 aliphatic heterocycles. The first-order chi connectivity index (χ1) is 14.7. The fourth-order valence-corrected chi connectivity index (χ4v) is 3.89. The summed E-state index contributed by atoms with van der Waals surface area (Å²) in [5.41, 5.74) is 3.25. The van der Waals surface area contributed by atoms with Crippen LogP contribution in [0.1, 0.15) is 44.1 Å². The number of hydrogen-bond donors (Lipinski definition) is 1. The average molecular weight is 408 g/mol. The van der Waals surface area contributed by atoms with E-state index in [1.807, 2.05) is 37.3 Å². The van der Waals surface area contributed by atoms with Crippen molar-refractivity contribution in [3.05, 3.63) is 59.9 Å². The Morgan fingerprint density at radius 3 is 2.80 bits per heavy atom. The predicted molar refractivity (Wildman–Crippen MR) is 117 cm³/mol. The Bertz CT molecular complexity index is 991. The molecule has 2 aromatic carbocycles. The summed E-state index contributed by atoms with van der Waals surface area (Å²) >= 11 is 0. The molecule has 6 nitrogen and oxygen atoms in total. The molecule has 1 fully saturated rings. The van der Waals surface area contributed by atoms with Crippen molar-refractivity contribution in [1.29, 1.82) is 0 Å². The van der Waals surface area contributed by atoms with Crippen LogP contribution in [0, 0.1) is 0 Å². The largest absolute Gasteiger partial charge is 0.492 e. The van der Waals surface area contributed by atoms with Crippen LogP contribution in [-0.2, 0) is 22.5 Å². The second kappa shape index (κ2) is 9.30. The molecule has 1 aromatic heterocycles. The second-order valence-corrected chi connectivity index (χ2v) is 7.69. The van der Waals surface area contributed by atoms with Gasteiger partial charge in [-0.2, -0.15) is 0 Å². The molecule has 158 valence electrons. The molecule has 1 aliphatic rings. The van der Waals surface area contributed by atoms with Gasteiger partial charge in [-0.3, -0.25) is 4.79 Å². The lowest BCUT2D eigenvalue weighted by Crippen LogP contribution is -2.36. The average Bonchev–Trinajstić information content (AvgIpc) is 3.43. The van der Waals surface area contributed by atoms with Crippen LogP contribution in [0.3, 0.4) is 0 Å². The topological polar surface area (TPSA) is 65.4 Å². The molecule has 0 spiro atoms. The van der Waals surface area contributed by atoms with Gasteiger partial charge in [-0.25, -0.2) is 4.98 Å². The van der Waals surface area contributed by atoms with Crippen LogP contribution in [0.25, 0.3) is 11.0 Å². The van der Waals surface area contributed by atoms with Gasteiger partial charge in [-0.1, -0.05) is 31.2 Å². The first kappa shape index (κ1) is 20.4. The van der Waals surface area contributed by atoms with Gasteiger partial charge in [0.25, 0.3) is 0 Å². The van der Waals surface area contributed by atoms with Crippen molar-refractivity contribution in [2.45, 2.75) is 51.8 Å². The lowest BCUT2D eigenvalue weighted by atomic mass is 10.2. The lowest BCUT2D eigenvalue weighted by Gasteiger charge is -2.18. The van der Waals surface area contributed by atoms with Gasteiger partial charge in [-0.05, 0) is 56.0 Å². The Morgan fingerprint density at radius 1 is 1.27 bits per heavy atom. The van der Waals surface area contributed by atoms with Gasteiger partial charge in [0.2, 0.25) is 5.91 Å². The molecule has 2 atom stereocenters. The molecule has 1 saturated heterocycles. The van der Waals surface area contributed by atoms with Crippen LogP contribution in [0.5, 0.6) is 5.75 Å². The highest BCUT2D eigenvalue weighted by Gasteiger charge is 2.26. The van der Waals surface area contributed by atoms with E-state index in [0.717, 1.165) is 41.9 Å². The summed E-state index contributed by atoms with van der Waals surface area (Å²) in [6.45, 7) is 5.92. The molecule has 2 unspecified atom stereocenters. The van der Waals surface area contributed by atoms with Gasteiger partial charge in [0.15, 0.2) is 0 Å². The van der Waals surface area contributed by atoms with Crippen molar-refractivity contribution in [2.75, 3.05) is 13.2 Å². The van der Waals surface area contributed by atoms with Crippen molar-refractivity contribution >= 4 is 16.9 Å². The fourth-order valence-electron chi connectivity index (χ4n) is 3.89. The van der Waals surface area contributed by atoms with E-state index in [-0.39, 0.29) is 18.1 Å². The molecule has 0 bridgehead atoms. The predicted octanol–water partition coefficient (Wildman–Crippen LogP) is 4.03. The van der Waals surface area contributed by atoms with Crippen molar-refractivity contribution in [3.63, 3.8) is 0 Å². The number of nitrogens with one attached hydrogen (secondary N) is 1. The molecular formula is C24H29N3O3. The summed E-state index contributed by atoms with van der Waals surface area (Å²) in [6, 6.07) is 16.0. The number of para-hydroxylation sites is 2. The number of carbonyl (C=O) groups is 1. The number of fused-ring (bicyclic) bond motifs is 1. The molecule has 1 N–H and O–H groups in total. The molecule has 0 radical (unpaired) electrons. The monoisotopic (exact) mass is 407 g/mol. The van der Waals surface area contributed by atoms with Crippen molar-refractivity contribution < 1.29 is 14.3 Å². The fraction of sp³-hybridized carbons (Fsp3) is 0.417. The van der Waals surface area contributed by atoms with Gasteiger partial charge < -0.3 is 19.4 Å². The minimum atomic E-state index is -0.347. The molecule has 2 heterocycles. The third kappa shape index (κ3) is 4.49. The maximum atomic E-state index is 12.5. The molecule has 0 saturated carbocycles. The van der Waals surface area contributed by atoms with E-state index in [4.69, 9.17) is 14.5 Å². The Hall–Kier alpha value is -2.86. The molecule has 6 heteroatoms. The van der Waals surface area contributed by atoms with Gasteiger partial charge in [0.1, 0.15) is 24.3 Å². The summed E-state index contributed by atoms with van der Waals surface area (Å²) < 4.78 is 13.6. The molecule has 30 heavy (non-hydrogen) atoms. The van der Waals surface area contributed by atoms with Crippen LogP contribution in [-0.4, -0.2) is 34.8 Å². The van der Waals surface area contributed by atoms with E-state index in [2.05, 4.69) is 35.0 Å². The third-order valence-electron chi connectivity index (χ3n) is 5.57. The minimum Gasteiger partial charge on any atom is -0.492 e. The quantitative estimate of drug-likeness (QED) is 0.612. The van der Waals surface area contributed by atoms with E-state index < -0.39 is 0 Å². The Balaban J connectivity index is 1.48. The highest BCUT2D eigenvalue weighted by atomic mass is 16.5. The molecule has 0 aliphatic carbocycles. The number of amides is 1. The molecule has 3 aromatic rings. The van der Waals surface area contributed by atoms with E-state index in [1.54, 1.807) is 0 Å². The lowest BCUT2D eigenvalue weighted by molar-refractivity contribution is -0.130.